The normalized spacial score (nSPS) is 23.1. The lowest BCUT2D eigenvalue weighted by atomic mass is 9.95. The first-order valence-corrected chi connectivity index (χ1v) is 8.87. The molecule has 5 nitrogen and oxygen atoms in total. The minimum absolute atomic E-state index is 0.123. The molecule has 108 valence electrons. The molecule has 3 rings (SSSR count). The van der Waals surface area contributed by atoms with E-state index in [1.165, 1.54) is 53.8 Å². The van der Waals surface area contributed by atoms with E-state index in [1.807, 2.05) is 11.8 Å². The summed E-state index contributed by atoms with van der Waals surface area (Å²) < 4.78 is 1.37. The fraction of sp³-hybridized carbons (Fsp3) is 0.615. The van der Waals surface area contributed by atoms with Crippen molar-refractivity contribution in [3.05, 3.63) is 22.6 Å². The summed E-state index contributed by atoms with van der Waals surface area (Å²) in [6.45, 7) is 2.21. The number of thioether (sulfide) groups is 1. The summed E-state index contributed by atoms with van der Waals surface area (Å²) in [5.74, 6) is 1.14. The summed E-state index contributed by atoms with van der Waals surface area (Å²) in [5, 5.41) is 9.30. The summed E-state index contributed by atoms with van der Waals surface area (Å²) in [4.78, 5) is 16.5. The van der Waals surface area contributed by atoms with Gasteiger partial charge in [0.2, 0.25) is 10.1 Å². The molecule has 2 atom stereocenters. The van der Waals surface area contributed by atoms with Crippen molar-refractivity contribution in [3.8, 4) is 0 Å². The molecular formula is C13H18N4OS2. The van der Waals surface area contributed by atoms with E-state index >= 15 is 0 Å². The molecule has 7 heteroatoms. The predicted molar refractivity (Wildman–Crippen MR) is 84.9 cm³/mol. The maximum absolute atomic E-state index is 11.7. The molecule has 0 aliphatic heterocycles. The van der Waals surface area contributed by atoms with Crippen LogP contribution in [0.1, 0.15) is 32.6 Å². The Hall–Kier alpha value is -1.08. The molecule has 2 aromatic heterocycles. The summed E-state index contributed by atoms with van der Waals surface area (Å²) in [6.07, 6.45) is 6.56. The van der Waals surface area contributed by atoms with Crippen LogP contribution in [0.15, 0.2) is 17.1 Å². The Balaban J connectivity index is 1.81. The molecule has 20 heavy (non-hydrogen) atoms. The Kier molecular flexibility index (Phi) is 4.26. The third-order valence-electron chi connectivity index (χ3n) is 3.56. The van der Waals surface area contributed by atoms with Crippen LogP contribution in [0, 0.1) is 0 Å². The molecule has 0 saturated heterocycles. The second-order valence-corrected chi connectivity index (χ2v) is 7.39. The van der Waals surface area contributed by atoms with E-state index < -0.39 is 0 Å². The molecular weight excluding hydrogens is 292 g/mol. The fourth-order valence-corrected chi connectivity index (χ4v) is 4.67. The average molecular weight is 310 g/mol. The second kappa shape index (κ2) is 6.13. The summed E-state index contributed by atoms with van der Waals surface area (Å²) in [6, 6.07) is 1.89. The van der Waals surface area contributed by atoms with Gasteiger partial charge < -0.3 is 5.32 Å². The van der Waals surface area contributed by atoms with Crippen LogP contribution < -0.4 is 10.9 Å². The smallest absolute Gasteiger partial charge is 0.275 e. The van der Waals surface area contributed by atoms with Crippen LogP contribution in [0.2, 0.25) is 0 Å². The number of anilines is 1. The first kappa shape index (κ1) is 13.9. The number of nitrogens with zero attached hydrogens (tertiary/aromatic N) is 3. The highest BCUT2D eigenvalue weighted by Crippen LogP contribution is 2.31. The molecule has 0 spiro atoms. The maximum atomic E-state index is 11.7. The summed E-state index contributed by atoms with van der Waals surface area (Å²) in [7, 11) is 0. The molecule has 0 aromatic carbocycles. The van der Waals surface area contributed by atoms with Gasteiger partial charge in [-0.05, 0) is 18.6 Å². The minimum atomic E-state index is -0.123. The number of hydrogen-bond acceptors (Lipinski definition) is 6. The number of aromatic nitrogens is 3. The van der Waals surface area contributed by atoms with Gasteiger partial charge in [0.15, 0.2) is 0 Å². The third-order valence-corrected chi connectivity index (χ3v) is 5.74. The van der Waals surface area contributed by atoms with Gasteiger partial charge in [-0.1, -0.05) is 31.1 Å². The Labute approximate surface area is 125 Å². The van der Waals surface area contributed by atoms with Crippen molar-refractivity contribution in [2.75, 3.05) is 11.1 Å². The lowest BCUT2D eigenvalue weighted by Crippen LogP contribution is -2.34. The molecule has 1 fully saturated rings. The van der Waals surface area contributed by atoms with Crippen LogP contribution in [-0.4, -0.2) is 31.6 Å². The molecule has 2 heterocycles. The SMILES string of the molecule is CCSC1CCCCC1Nc1nn2c(=O)ccnc2s1. The zero-order valence-corrected chi connectivity index (χ0v) is 13.0. The van der Waals surface area contributed by atoms with Crippen LogP contribution in [0.5, 0.6) is 0 Å². The van der Waals surface area contributed by atoms with Gasteiger partial charge in [0, 0.05) is 23.6 Å². The molecule has 1 N–H and O–H groups in total. The van der Waals surface area contributed by atoms with Gasteiger partial charge >= 0.3 is 0 Å². The zero-order valence-electron chi connectivity index (χ0n) is 11.4. The van der Waals surface area contributed by atoms with Gasteiger partial charge in [-0.3, -0.25) is 4.79 Å². The number of rotatable bonds is 4. The van der Waals surface area contributed by atoms with E-state index in [0.29, 0.717) is 16.3 Å². The maximum Gasteiger partial charge on any atom is 0.275 e. The topological polar surface area (TPSA) is 59.3 Å². The van der Waals surface area contributed by atoms with Crippen molar-refractivity contribution in [2.24, 2.45) is 0 Å². The van der Waals surface area contributed by atoms with E-state index in [2.05, 4.69) is 22.3 Å². The highest BCUT2D eigenvalue weighted by molar-refractivity contribution is 7.99. The number of nitrogens with one attached hydrogen (secondary N) is 1. The molecule has 1 aliphatic rings. The molecule has 0 radical (unpaired) electrons. The highest BCUT2D eigenvalue weighted by Gasteiger charge is 2.25. The lowest BCUT2D eigenvalue weighted by Gasteiger charge is -2.31. The van der Waals surface area contributed by atoms with Crippen LogP contribution in [0.3, 0.4) is 0 Å². The standard InChI is InChI=1S/C13H18N4OS2/c1-2-19-10-6-4-3-5-9(10)15-12-16-17-11(18)7-8-14-13(17)20-12/h7-10H,2-6H2,1H3,(H,15,16). The summed E-state index contributed by atoms with van der Waals surface area (Å²) >= 11 is 3.47. The van der Waals surface area contributed by atoms with Crippen LogP contribution in [-0.2, 0) is 0 Å². The Morgan fingerprint density at radius 3 is 3.15 bits per heavy atom. The van der Waals surface area contributed by atoms with Crippen molar-refractivity contribution in [2.45, 2.75) is 43.9 Å². The van der Waals surface area contributed by atoms with Crippen molar-refractivity contribution in [1.82, 2.24) is 14.6 Å². The highest BCUT2D eigenvalue weighted by atomic mass is 32.2. The van der Waals surface area contributed by atoms with Gasteiger partial charge in [-0.2, -0.15) is 16.3 Å². The van der Waals surface area contributed by atoms with Crippen LogP contribution >= 0.6 is 23.1 Å². The van der Waals surface area contributed by atoms with E-state index in [-0.39, 0.29) is 5.56 Å². The Morgan fingerprint density at radius 1 is 1.50 bits per heavy atom. The average Bonchev–Trinajstić information content (AvgIpc) is 2.85. The third kappa shape index (κ3) is 2.83. The van der Waals surface area contributed by atoms with E-state index in [4.69, 9.17) is 0 Å². The van der Waals surface area contributed by atoms with Crippen molar-refractivity contribution < 1.29 is 0 Å². The van der Waals surface area contributed by atoms with Crippen molar-refractivity contribution in [3.63, 3.8) is 0 Å². The zero-order chi connectivity index (χ0) is 13.9. The Bertz CT molecular complexity index is 637. The van der Waals surface area contributed by atoms with E-state index in [0.717, 1.165) is 10.9 Å². The van der Waals surface area contributed by atoms with Crippen molar-refractivity contribution in [1.29, 1.82) is 0 Å². The van der Waals surface area contributed by atoms with Crippen LogP contribution in [0.4, 0.5) is 5.13 Å². The first-order valence-electron chi connectivity index (χ1n) is 7.01. The predicted octanol–water partition coefficient (Wildman–Crippen LogP) is 2.63. The monoisotopic (exact) mass is 310 g/mol. The second-order valence-electron chi connectivity index (χ2n) is 4.91. The van der Waals surface area contributed by atoms with Crippen LogP contribution in [0.25, 0.3) is 4.96 Å². The lowest BCUT2D eigenvalue weighted by molar-refractivity contribution is 0.474. The molecule has 0 bridgehead atoms. The van der Waals surface area contributed by atoms with Gasteiger partial charge in [0.25, 0.3) is 5.56 Å². The van der Waals surface area contributed by atoms with Crippen molar-refractivity contribution >= 4 is 33.2 Å². The van der Waals surface area contributed by atoms with Gasteiger partial charge in [-0.15, -0.1) is 5.10 Å². The van der Waals surface area contributed by atoms with Gasteiger partial charge in [-0.25, -0.2) is 4.98 Å². The molecule has 1 saturated carbocycles. The minimum Gasteiger partial charge on any atom is -0.356 e. The molecule has 2 unspecified atom stereocenters. The quantitative estimate of drug-likeness (QED) is 0.940. The summed E-state index contributed by atoms with van der Waals surface area (Å²) in [5.41, 5.74) is -0.123. The largest absolute Gasteiger partial charge is 0.356 e. The molecule has 0 amide bonds. The molecule has 2 aromatic rings. The van der Waals surface area contributed by atoms with E-state index in [9.17, 15) is 4.79 Å². The number of hydrogen-bond donors (Lipinski definition) is 1. The van der Waals surface area contributed by atoms with E-state index in [1.54, 1.807) is 0 Å². The fourth-order valence-electron chi connectivity index (χ4n) is 2.64. The van der Waals surface area contributed by atoms with Gasteiger partial charge in [0.05, 0.1) is 0 Å². The van der Waals surface area contributed by atoms with Gasteiger partial charge in [0.1, 0.15) is 0 Å². The molecule has 1 aliphatic carbocycles. The number of fused-ring (bicyclic) bond motifs is 1. The first-order chi connectivity index (χ1) is 9.78. The Morgan fingerprint density at radius 2 is 2.35 bits per heavy atom.